The van der Waals surface area contributed by atoms with Crippen LogP contribution in [0.2, 0.25) is 5.22 Å². The maximum absolute atomic E-state index is 12.0. The predicted octanol–water partition coefficient (Wildman–Crippen LogP) is 1.52. The molecule has 98 valence electrons. The molecule has 0 amide bonds. The minimum absolute atomic E-state index is 0.0218. The SMILES string of the molecule is CCOC(=O)/C(=C\N(C)C)C(=O)c1cc(Cl)on1. The van der Waals surface area contributed by atoms with Gasteiger partial charge in [0.05, 0.1) is 6.61 Å². The van der Waals surface area contributed by atoms with Gasteiger partial charge in [0.2, 0.25) is 11.0 Å². The molecule has 0 bridgehead atoms. The lowest BCUT2D eigenvalue weighted by Crippen LogP contribution is -2.19. The summed E-state index contributed by atoms with van der Waals surface area (Å²) in [6, 6.07) is 1.24. The smallest absolute Gasteiger partial charge is 0.343 e. The molecule has 0 spiro atoms. The van der Waals surface area contributed by atoms with E-state index in [1.165, 1.54) is 12.3 Å². The second-order valence-electron chi connectivity index (χ2n) is 3.57. The monoisotopic (exact) mass is 272 g/mol. The van der Waals surface area contributed by atoms with Gasteiger partial charge in [0.1, 0.15) is 5.57 Å². The number of nitrogens with zero attached hydrogens (tertiary/aromatic N) is 2. The largest absolute Gasteiger partial charge is 0.462 e. The number of esters is 1. The third-order valence-electron chi connectivity index (χ3n) is 1.84. The molecule has 0 aliphatic carbocycles. The molecular formula is C11H13ClN2O4. The van der Waals surface area contributed by atoms with Crippen LogP contribution in [0, 0.1) is 0 Å². The first-order valence-electron chi connectivity index (χ1n) is 5.18. The maximum atomic E-state index is 12.0. The Bertz CT molecular complexity index is 479. The minimum Gasteiger partial charge on any atom is -0.462 e. The van der Waals surface area contributed by atoms with Crippen molar-refractivity contribution >= 4 is 23.4 Å². The maximum Gasteiger partial charge on any atom is 0.343 e. The minimum atomic E-state index is -0.713. The van der Waals surface area contributed by atoms with Crippen LogP contribution in [0.4, 0.5) is 0 Å². The number of hydrogen-bond acceptors (Lipinski definition) is 6. The summed E-state index contributed by atoms with van der Waals surface area (Å²) in [6.45, 7) is 1.83. The molecule has 1 aromatic rings. The molecule has 1 aromatic heterocycles. The molecule has 0 aromatic carbocycles. The molecule has 0 aliphatic heterocycles. The summed E-state index contributed by atoms with van der Waals surface area (Å²) in [5, 5.41) is 3.44. The van der Waals surface area contributed by atoms with Crippen molar-refractivity contribution in [3.8, 4) is 0 Å². The standard InChI is InChI=1S/C11H13ClN2O4/c1-4-17-11(16)7(6-14(2)3)10(15)8-5-9(12)18-13-8/h5-6H,4H2,1-3H3/b7-6-. The van der Waals surface area contributed by atoms with Crippen molar-refractivity contribution in [1.82, 2.24) is 10.1 Å². The first-order valence-corrected chi connectivity index (χ1v) is 5.55. The third-order valence-corrected chi connectivity index (χ3v) is 2.02. The van der Waals surface area contributed by atoms with Gasteiger partial charge in [0.25, 0.3) is 0 Å². The Labute approximate surface area is 109 Å². The zero-order chi connectivity index (χ0) is 13.7. The molecule has 0 saturated carbocycles. The molecule has 1 rings (SSSR count). The number of carbonyl (C=O) groups is 2. The van der Waals surface area contributed by atoms with E-state index in [1.54, 1.807) is 25.9 Å². The highest BCUT2D eigenvalue weighted by Crippen LogP contribution is 2.14. The molecule has 0 radical (unpaired) electrons. The number of carbonyl (C=O) groups excluding carboxylic acids is 2. The fraction of sp³-hybridized carbons (Fsp3) is 0.364. The van der Waals surface area contributed by atoms with Crippen molar-refractivity contribution < 1.29 is 18.8 Å². The Hall–Kier alpha value is -1.82. The topological polar surface area (TPSA) is 72.6 Å². The summed E-state index contributed by atoms with van der Waals surface area (Å²) in [4.78, 5) is 25.3. The van der Waals surface area contributed by atoms with Gasteiger partial charge in [-0.3, -0.25) is 4.79 Å². The summed E-state index contributed by atoms with van der Waals surface area (Å²) in [5.41, 5.74) is -0.173. The van der Waals surface area contributed by atoms with E-state index in [0.29, 0.717) is 0 Å². The van der Waals surface area contributed by atoms with E-state index >= 15 is 0 Å². The Morgan fingerprint density at radius 3 is 2.67 bits per heavy atom. The lowest BCUT2D eigenvalue weighted by Gasteiger charge is -2.09. The predicted molar refractivity (Wildman–Crippen MR) is 64.2 cm³/mol. The molecule has 0 aliphatic rings. The van der Waals surface area contributed by atoms with Crippen LogP contribution in [-0.4, -0.2) is 42.5 Å². The molecule has 7 heteroatoms. The molecular weight excluding hydrogens is 260 g/mol. The fourth-order valence-corrected chi connectivity index (χ4v) is 1.31. The summed E-state index contributed by atoms with van der Waals surface area (Å²) < 4.78 is 9.39. The van der Waals surface area contributed by atoms with Gasteiger partial charge in [-0.1, -0.05) is 5.16 Å². The van der Waals surface area contributed by atoms with E-state index in [4.69, 9.17) is 16.3 Å². The Balaban J connectivity index is 3.04. The van der Waals surface area contributed by atoms with Crippen molar-refractivity contribution in [3.05, 3.63) is 28.8 Å². The van der Waals surface area contributed by atoms with Gasteiger partial charge in [-0.15, -0.1) is 0 Å². The van der Waals surface area contributed by atoms with Crippen LogP contribution in [0.3, 0.4) is 0 Å². The highest BCUT2D eigenvalue weighted by atomic mass is 35.5. The van der Waals surface area contributed by atoms with Crippen molar-refractivity contribution in [3.63, 3.8) is 0 Å². The molecule has 0 unspecified atom stereocenters. The molecule has 18 heavy (non-hydrogen) atoms. The molecule has 0 N–H and O–H groups in total. The summed E-state index contributed by atoms with van der Waals surface area (Å²) in [5.74, 6) is -1.31. The summed E-state index contributed by atoms with van der Waals surface area (Å²) in [7, 11) is 3.37. The Morgan fingerprint density at radius 1 is 1.56 bits per heavy atom. The normalized spacial score (nSPS) is 11.2. The zero-order valence-corrected chi connectivity index (χ0v) is 11.0. The number of ether oxygens (including phenoxy) is 1. The number of aromatic nitrogens is 1. The molecule has 0 saturated heterocycles. The van der Waals surface area contributed by atoms with E-state index in [0.717, 1.165) is 0 Å². The summed E-state index contributed by atoms with van der Waals surface area (Å²) >= 11 is 5.53. The van der Waals surface area contributed by atoms with E-state index in [9.17, 15) is 9.59 Å². The van der Waals surface area contributed by atoms with Crippen molar-refractivity contribution in [2.24, 2.45) is 0 Å². The van der Waals surface area contributed by atoms with Crippen LogP contribution < -0.4 is 0 Å². The van der Waals surface area contributed by atoms with Crippen LogP contribution in [0.15, 0.2) is 22.4 Å². The Kier molecular flexibility index (Phi) is 4.91. The number of ketones is 1. The van der Waals surface area contributed by atoms with Crippen LogP contribution in [0.1, 0.15) is 17.4 Å². The van der Waals surface area contributed by atoms with Crippen LogP contribution >= 0.6 is 11.6 Å². The van der Waals surface area contributed by atoms with Gasteiger partial charge < -0.3 is 14.2 Å². The van der Waals surface area contributed by atoms with Gasteiger partial charge in [-0.25, -0.2) is 4.79 Å². The average Bonchev–Trinajstić information content (AvgIpc) is 2.72. The van der Waals surface area contributed by atoms with Crippen molar-refractivity contribution in [1.29, 1.82) is 0 Å². The fourth-order valence-electron chi connectivity index (χ4n) is 1.17. The molecule has 0 atom stereocenters. The lowest BCUT2D eigenvalue weighted by molar-refractivity contribution is -0.138. The van der Waals surface area contributed by atoms with Crippen molar-refractivity contribution in [2.45, 2.75) is 6.92 Å². The quantitative estimate of drug-likeness (QED) is 0.266. The Morgan fingerprint density at radius 2 is 2.22 bits per heavy atom. The third kappa shape index (κ3) is 3.59. The van der Waals surface area contributed by atoms with Gasteiger partial charge in [-0.05, 0) is 18.5 Å². The van der Waals surface area contributed by atoms with E-state index in [2.05, 4.69) is 9.68 Å². The number of halogens is 1. The van der Waals surface area contributed by atoms with Gasteiger partial charge in [0, 0.05) is 26.4 Å². The second kappa shape index (κ2) is 6.20. The first kappa shape index (κ1) is 14.2. The number of rotatable bonds is 5. The van der Waals surface area contributed by atoms with Crippen LogP contribution in [0.25, 0.3) is 0 Å². The number of hydrogen-bond donors (Lipinski definition) is 0. The van der Waals surface area contributed by atoms with E-state index in [1.807, 2.05) is 0 Å². The summed E-state index contributed by atoms with van der Waals surface area (Å²) in [6.07, 6.45) is 1.36. The van der Waals surface area contributed by atoms with Crippen LogP contribution in [0.5, 0.6) is 0 Å². The zero-order valence-electron chi connectivity index (χ0n) is 10.3. The molecule has 0 fully saturated rings. The average molecular weight is 273 g/mol. The number of Topliss-reactive ketones (excluding diaryl/α,β-unsaturated/α-hetero) is 1. The highest BCUT2D eigenvalue weighted by Gasteiger charge is 2.24. The van der Waals surface area contributed by atoms with Gasteiger partial charge >= 0.3 is 5.97 Å². The van der Waals surface area contributed by atoms with E-state index in [-0.39, 0.29) is 23.1 Å². The van der Waals surface area contributed by atoms with Crippen LogP contribution in [-0.2, 0) is 9.53 Å². The molecule has 1 heterocycles. The van der Waals surface area contributed by atoms with Gasteiger partial charge in [0.15, 0.2) is 5.69 Å². The van der Waals surface area contributed by atoms with E-state index < -0.39 is 11.8 Å². The lowest BCUT2D eigenvalue weighted by atomic mass is 10.1. The second-order valence-corrected chi connectivity index (χ2v) is 3.94. The molecule has 6 nitrogen and oxygen atoms in total. The van der Waals surface area contributed by atoms with Gasteiger partial charge in [-0.2, -0.15) is 0 Å². The first-order chi connectivity index (χ1) is 8.45. The van der Waals surface area contributed by atoms with Crippen molar-refractivity contribution in [2.75, 3.05) is 20.7 Å². The highest BCUT2D eigenvalue weighted by molar-refractivity contribution is 6.30.